The van der Waals surface area contributed by atoms with Gasteiger partial charge in [0.2, 0.25) is 0 Å². The first-order valence-electron chi connectivity index (χ1n) is 8.41. The Morgan fingerprint density at radius 2 is 1.78 bits per heavy atom. The molecule has 7 atom stereocenters. The van der Waals surface area contributed by atoms with Gasteiger partial charge in [-0.3, -0.25) is 0 Å². The van der Waals surface area contributed by atoms with Gasteiger partial charge in [-0.1, -0.05) is 48.0 Å². The molecule has 4 aliphatic rings. The van der Waals surface area contributed by atoms with Crippen LogP contribution in [0.15, 0.2) is 0 Å². The lowest BCUT2D eigenvalue weighted by Crippen LogP contribution is -2.49. The van der Waals surface area contributed by atoms with Crippen LogP contribution in [-0.2, 0) is 0 Å². The van der Waals surface area contributed by atoms with E-state index in [1.54, 1.807) is 6.42 Å². The summed E-state index contributed by atoms with van der Waals surface area (Å²) in [5.74, 6) is 4.28. The van der Waals surface area contributed by atoms with E-state index in [1.807, 2.05) is 0 Å². The molecule has 0 aliphatic heterocycles. The van der Waals surface area contributed by atoms with Crippen molar-refractivity contribution in [3.63, 3.8) is 0 Å². The molecule has 0 nitrogen and oxygen atoms in total. The summed E-state index contributed by atoms with van der Waals surface area (Å²) in [5.41, 5.74) is 2.86. The molecule has 0 amide bonds. The van der Waals surface area contributed by atoms with Gasteiger partial charge in [-0.25, -0.2) is 0 Å². The van der Waals surface area contributed by atoms with Crippen molar-refractivity contribution in [3.05, 3.63) is 0 Å². The summed E-state index contributed by atoms with van der Waals surface area (Å²) >= 11 is 0. The second-order valence-electron chi connectivity index (χ2n) is 8.66. The molecular weight excluding hydrogens is 216 g/mol. The highest BCUT2D eigenvalue weighted by molar-refractivity contribution is 5.53. The summed E-state index contributed by atoms with van der Waals surface area (Å²) in [6.45, 7) is 15.3. The Hall–Kier alpha value is 0. The predicted octanol–water partition coefficient (Wildman–Crippen LogP) is 5.13. The summed E-state index contributed by atoms with van der Waals surface area (Å²) in [5, 5.41) is 0. The van der Waals surface area contributed by atoms with Gasteiger partial charge < -0.3 is 0 Å². The third kappa shape index (κ3) is 0.657. The van der Waals surface area contributed by atoms with Gasteiger partial charge in [-0.2, -0.15) is 0 Å². The zero-order valence-corrected chi connectivity index (χ0v) is 13.1. The average molecular weight is 246 g/mol. The molecule has 0 heterocycles. The highest BCUT2D eigenvalue weighted by Crippen LogP contribution is 3.10. The van der Waals surface area contributed by atoms with Crippen LogP contribution in [0.4, 0.5) is 0 Å². The minimum Gasteiger partial charge on any atom is -0.0649 e. The maximum Gasteiger partial charge on any atom is -0.00882 e. The minimum atomic E-state index is 0.562. The fourth-order valence-corrected chi connectivity index (χ4v) is 8.83. The maximum atomic E-state index is 2.61. The minimum absolute atomic E-state index is 0.562. The molecule has 7 unspecified atom stereocenters. The van der Waals surface area contributed by atoms with Crippen molar-refractivity contribution in [1.29, 1.82) is 0 Å². The van der Waals surface area contributed by atoms with E-state index in [4.69, 9.17) is 0 Å². The van der Waals surface area contributed by atoms with Crippen LogP contribution in [-0.4, -0.2) is 0 Å². The molecule has 0 aromatic rings. The molecule has 4 rings (SSSR count). The number of fused-ring (bicyclic) bond motifs is 2. The van der Waals surface area contributed by atoms with E-state index in [-0.39, 0.29) is 0 Å². The maximum absolute atomic E-state index is 2.61. The van der Waals surface area contributed by atoms with E-state index in [2.05, 4.69) is 41.5 Å². The van der Waals surface area contributed by atoms with Crippen molar-refractivity contribution >= 4 is 0 Å². The molecule has 0 bridgehead atoms. The van der Waals surface area contributed by atoms with E-state index < -0.39 is 0 Å². The third-order valence-corrected chi connectivity index (χ3v) is 8.99. The lowest BCUT2D eigenvalue weighted by molar-refractivity contribution is -0.0701. The van der Waals surface area contributed by atoms with Gasteiger partial charge in [0, 0.05) is 0 Å². The molecule has 0 heteroatoms. The van der Waals surface area contributed by atoms with Crippen molar-refractivity contribution < 1.29 is 0 Å². The SMILES string of the molecule is CCC(C)(C)C12C(C)C13C(C)CCC1C3C12CC. The van der Waals surface area contributed by atoms with Crippen molar-refractivity contribution in [3.8, 4) is 0 Å². The van der Waals surface area contributed by atoms with Crippen molar-refractivity contribution in [2.45, 2.75) is 67.2 Å². The van der Waals surface area contributed by atoms with Crippen LogP contribution >= 0.6 is 0 Å². The van der Waals surface area contributed by atoms with Crippen molar-refractivity contribution in [1.82, 2.24) is 0 Å². The Morgan fingerprint density at radius 1 is 1.11 bits per heavy atom. The van der Waals surface area contributed by atoms with E-state index in [0.29, 0.717) is 5.41 Å². The molecule has 0 N–H and O–H groups in total. The Morgan fingerprint density at radius 3 is 2.33 bits per heavy atom. The van der Waals surface area contributed by atoms with Crippen LogP contribution in [0, 0.1) is 45.3 Å². The fraction of sp³-hybridized carbons (Fsp3) is 1.00. The smallest absolute Gasteiger partial charge is 0.00882 e. The quantitative estimate of drug-likeness (QED) is 0.647. The second-order valence-corrected chi connectivity index (χ2v) is 8.66. The molecule has 4 aliphatic carbocycles. The fourth-order valence-electron chi connectivity index (χ4n) is 8.83. The summed E-state index contributed by atoms with van der Waals surface area (Å²) in [4.78, 5) is 0. The van der Waals surface area contributed by atoms with E-state index >= 15 is 0 Å². The molecule has 0 saturated heterocycles. The molecule has 0 aromatic heterocycles. The van der Waals surface area contributed by atoms with Crippen LogP contribution in [0.2, 0.25) is 0 Å². The van der Waals surface area contributed by atoms with Crippen LogP contribution in [0.3, 0.4) is 0 Å². The van der Waals surface area contributed by atoms with Gasteiger partial charge >= 0.3 is 0 Å². The molecule has 102 valence electrons. The van der Waals surface area contributed by atoms with Crippen LogP contribution in [0.25, 0.3) is 0 Å². The monoisotopic (exact) mass is 246 g/mol. The van der Waals surface area contributed by atoms with Crippen LogP contribution in [0.5, 0.6) is 0 Å². The topological polar surface area (TPSA) is 0 Å². The molecule has 0 aromatic carbocycles. The zero-order chi connectivity index (χ0) is 13.1. The number of rotatable bonds is 3. The zero-order valence-electron chi connectivity index (χ0n) is 13.1. The van der Waals surface area contributed by atoms with Gasteiger partial charge in [0.1, 0.15) is 0 Å². The van der Waals surface area contributed by atoms with E-state index in [0.717, 1.165) is 39.9 Å². The summed E-state index contributed by atoms with van der Waals surface area (Å²) in [6, 6.07) is 0. The van der Waals surface area contributed by atoms with E-state index in [1.165, 1.54) is 19.3 Å². The molecule has 18 heavy (non-hydrogen) atoms. The molecule has 1 spiro atoms. The second kappa shape index (κ2) is 2.72. The van der Waals surface area contributed by atoms with Gasteiger partial charge in [0.05, 0.1) is 0 Å². The highest BCUT2D eigenvalue weighted by atomic mass is 15.1. The standard InChI is InChI=1S/C18H30/c1-7-15(5,6)18-12(4)17(18)11(3)9-10-13-14(17)16(13,18)8-2/h11-14H,7-10H2,1-6H3. The first-order valence-corrected chi connectivity index (χ1v) is 8.41. The lowest BCUT2D eigenvalue weighted by Gasteiger charge is -2.54. The molecule has 0 radical (unpaired) electrons. The summed E-state index contributed by atoms with van der Waals surface area (Å²) in [7, 11) is 0. The van der Waals surface area contributed by atoms with Crippen LogP contribution in [0.1, 0.15) is 67.2 Å². The van der Waals surface area contributed by atoms with E-state index in [9.17, 15) is 0 Å². The summed E-state index contributed by atoms with van der Waals surface area (Å²) in [6.07, 6.45) is 5.90. The number of hydrogen-bond acceptors (Lipinski definition) is 0. The molecular formula is C18H30. The largest absolute Gasteiger partial charge is 0.0649 e. The third-order valence-electron chi connectivity index (χ3n) is 8.99. The highest BCUT2D eigenvalue weighted by Gasteiger charge is 3.06. The van der Waals surface area contributed by atoms with Gasteiger partial charge in [0.25, 0.3) is 0 Å². The summed E-state index contributed by atoms with van der Waals surface area (Å²) < 4.78 is 0. The normalized spacial score (nSPS) is 63.7. The number of hydrogen-bond donors (Lipinski definition) is 0. The van der Waals surface area contributed by atoms with Gasteiger partial charge in [-0.05, 0) is 64.6 Å². The first kappa shape index (κ1) is 11.8. The van der Waals surface area contributed by atoms with Crippen LogP contribution < -0.4 is 0 Å². The molecule has 4 saturated carbocycles. The molecule has 4 fully saturated rings. The van der Waals surface area contributed by atoms with Gasteiger partial charge in [-0.15, -0.1) is 0 Å². The Balaban J connectivity index is 1.89. The average Bonchev–Trinajstić information content (AvgIpc) is 3.09. The van der Waals surface area contributed by atoms with Gasteiger partial charge in [0.15, 0.2) is 0 Å². The first-order chi connectivity index (χ1) is 8.41. The van der Waals surface area contributed by atoms with Crippen molar-refractivity contribution in [2.24, 2.45) is 45.3 Å². The Bertz CT molecular complexity index is 422. The predicted molar refractivity (Wildman–Crippen MR) is 76.2 cm³/mol. The Labute approximate surface area is 113 Å². The Kier molecular flexibility index (Phi) is 1.78. The lowest BCUT2D eigenvalue weighted by atomic mass is 9.50. The van der Waals surface area contributed by atoms with Crippen molar-refractivity contribution in [2.75, 3.05) is 0 Å².